The van der Waals surface area contributed by atoms with E-state index in [4.69, 9.17) is 4.74 Å². The van der Waals surface area contributed by atoms with Gasteiger partial charge in [0.1, 0.15) is 22.2 Å². The number of carbonyl (C=O) groups excluding carboxylic acids is 2. The number of rotatable bonds is 17. The predicted octanol–water partition coefficient (Wildman–Crippen LogP) is 5.76. The minimum absolute atomic E-state index is 0.132. The zero-order valence-corrected chi connectivity index (χ0v) is 29.0. The van der Waals surface area contributed by atoms with Crippen molar-refractivity contribution in [1.82, 2.24) is 20.6 Å². The number of hydrazone groups is 1. The molecule has 2 aromatic carbocycles. The number of pyridine rings is 2. The van der Waals surface area contributed by atoms with Gasteiger partial charge in [-0.3, -0.25) is 19.6 Å². The summed E-state index contributed by atoms with van der Waals surface area (Å²) in [6, 6.07) is 11.9. The van der Waals surface area contributed by atoms with E-state index in [0.29, 0.717) is 42.7 Å². The Labute approximate surface area is 300 Å². The van der Waals surface area contributed by atoms with Gasteiger partial charge < -0.3 is 15.4 Å². The third kappa shape index (κ3) is 11.3. The van der Waals surface area contributed by atoms with Crippen molar-refractivity contribution in [2.75, 3.05) is 25.1 Å². The third-order valence-electron chi connectivity index (χ3n) is 6.78. The minimum Gasteiger partial charge on any atom is -0.491 e. The fourth-order valence-electron chi connectivity index (χ4n) is 4.26. The number of amides is 2. The van der Waals surface area contributed by atoms with Gasteiger partial charge in [0.25, 0.3) is 16.0 Å². The normalized spacial score (nSPS) is 11.6. The molecule has 18 heteroatoms. The van der Waals surface area contributed by atoms with Gasteiger partial charge in [-0.25, -0.2) is 27.5 Å². The summed E-state index contributed by atoms with van der Waals surface area (Å²) in [5.41, 5.74) is 3.58. The van der Waals surface area contributed by atoms with Crippen LogP contribution in [0.4, 0.5) is 23.4 Å². The monoisotopic (exact) mass is 760 g/mol. The van der Waals surface area contributed by atoms with Gasteiger partial charge in [-0.1, -0.05) is 25.1 Å². The second-order valence-electron chi connectivity index (χ2n) is 10.7. The Morgan fingerprint density at radius 3 is 2.42 bits per heavy atom. The van der Waals surface area contributed by atoms with Crippen LogP contribution in [-0.4, -0.2) is 60.7 Å². The molecule has 0 saturated heterocycles. The van der Waals surface area contributed by atoms with Gasteiger partial charge in [0, 0.05) is 42.7 Å². The molecule has 0 aliphatic carbocycles. The van der Waals surface area contributed by atoms with Crippen molar-refractivity contribution < 1.29 is 44.9 Å². The average Bonchev–Trinajstić information content (AvgIpc) is 3.12. The van der Waals surface area contributed by atoms with Crippen LogP contribution in [0.25, 0.3) is 6.08 Å². The maximum absolute atomic E-state index is 14.1. The second-order valence-corrected chi connectivity index (χ2v) is 13.0. The van der Waals surface area contributed by atoms with Crippen LogP contribution in [0.2, 0.25) is 0 Å². The summed E-state index contributed by atoms with van der Waals surface area (Å²) in [4.78, 5) is 32.3. The standard InChI is InChI=1S/C34H32F4N6O6S2/c1-2-16-50-27-11-9-23(20-51-33-31(37)24(35)17-25(36)32(33)38)43-26(27)10-13-30(45)39-14-5-15-40-34(46)22-8-12-29(41-18-22)44-42-19-21-6-3-4-7-28(21)52(47,48)49/h3-4,6-13,17-19H,2,5,14-16,20H2,1H3,(H,39,45)(H,40,46)(H,41,44)(H,47,48,49)/b13-10+,42-19+. The molecule has 2 amide bonds. The summed E-state index contributed by atoms with van der Waals surface area (Å²) in [7, 11) is -4.43. The van der Waals surface area contributed by atoms with Crippen molar-refractivity contribution in [3.8, 4) is 5.75 Å². The predicted molar refractivity (Wildman–Crippen MR) is 187 cm³/mol. The van der Waals surface area contributed by atoms with Crippen molar-refractivity contribution in [2.45, 2.75) is 35.3 Å². The maximum Gasteiger partial charge on any atom is 0.295 e. The molecule has 4 aromatic rings. The molecular formula is C34H32F4N6O6S2. The molecule has 0 aliphatic rings. The minimum atomic E-state index is -4.43. The van der Waals surface area contributed by atoms with E-state index in [1.54, 1.807) is 12.1 Å². The molecule has 4 rings (SSSR count). The Bertz CT molecular complexity index is 2040. The second kappa shape index (κ2) is 18.8. The van der Waals surface area contributed by atoms with E-state index >= 15 is 0 Å². The molecule has 0 atom stereocenters. The van der Waals surface area contributed by atoms with Crippen molar-refractivity contribution in [3.05, 3.63) is 113 Å². The van der Waals surface area contributed by atoms with Crippen LogP contribution in [-0.2, 0) is 20.7 Å². The van der Waals surface area contributed by atoms with Gasteiger partial charge in [0.05, 0.1) is 29.0 Å². The van der Waals surface area contributed by atoms with Crippen LogP contribution in [0.5, 0.6) is 5.75 Å². The SMILES string of the molecule is CCCOc1ccc(CSc2c(F)c(F)cc(F)c2F)nc1/C=C/C(=O)NCCCNC(=O)c1ccc(N/N=C/c2ccccc2S(=O)(=O)O)nc1. The fourth-order valence-corrected chi connectivity index (χ4v) is 5.83. The number of hydrogen-bond donors (Lipinski definition) is 4. The zero-order valence-electron chi connectivity index (χ0n) is 27.4. The quantitative estimate of drug-likeness (QED) is 0.0152. The highest BCUT2D eigenvalue weighted by Crippen LogP contribution is 2.31. The summed E-state index contributed by atoms with van der Waals surface area (Å²) >= 11 is 0.532. The number of hydrogen-bond acceptors (Lipinski definition) is 10. The summed E-state index contributed by atoms with van der Waals surface area (Å²) in [5, 5.41) is 9.30. The van der Waals surface area contributed by atoms with Gasteiger partial charge in [-0.2, -0.15) is 13.5 Å². The zero-order chi connectivity index (χ0) is 37.7. The third-order valence-corrected chi connectivity index (χ3v) is 8.79. The molecule has 0 radical (unpaired) electrons. The summed E-state index contributed by atoms with van der Waals surface area (Å²) < 4.78 is 93.3. The van der Waals surface area contributed by atoms with E-state index in [2.05, 4.69) is 31.1 Å². The number of ether oxygens (including phenoxy) is 1. The number of nitrogens with one attached hydrogen (secondary N) is 3. The van der Waals surface area contributed by atoms with Crippen molar-refractivity contribution >= 4 is 51.8 Å². The number of carbonyl (C=O) groups is 2. The molecule has 4 N–H and O–H groups in total. The first-order valence-corrected chi connectivity index (χ1v) is 17.9. The smallest absolute Gasteiger partial charge is 0.295 e. The van der Waals surface area contributed by atoms with Crippen LogP contribution >= 0.6 is 11.8 Å². The molecule has 0 unspecified atom stereocenters. The van der Waals surface area contributed by atoms with E-state index in [1.165, 1.54) is 61.0 Å². The number of halogens is 4. The number of nitrogens with zero attached hydrogens (tertiary/aromatic N) is 3. The van der Waals surface area contributed by atoms with Crippen molar-refractivity contribution in [2.24, 2.45) is 5.10 Å². The van der Waals surface area contributed by atoms with E-state index in [9.17, 15) is 40.1 Å². The van der Waals surface area contributed by atoms with Crippen molar-refractivity contribution in [3.63, 3.8) is 0 Å². The maximum atomic E-state index is 14.1. The molecule has 0 fully saturated rings. The van der Waals surface area contributed by atoms with E-state index in [-0.39, 0.29) is 52.4 Å². The molecule has 0 aliphatic heterocycles. The van der Waals surface area contributed by atoms with Crippen LogP contribution < -0.4 is 20.8 Å². The molecule has 2 heterocycles. The first kappa shape index (κ1) is 39.5. The number of thioether (sulfide) groups is 1. The van der Waals surface area contributed by atoms with Gasteiger partial charge >= 0.3 is 0 Å². The highest BCUT2D eigenvalue weighted by atomic mass is 32.2. The topological polar surface area (TPSA) is 172 Å². The summed E-state index contributed by atoms with van der Waals surface area (Å²) in [6.45, 7) is 2.70. The van der Waals surface area contributed by atoms with Crippen LogP contribution in [0.3, 0.4) is 0 Å². The fraction of sp³-hybridized carbons (Fsp3) is 0.206. The number of benzene rings is 2. The first-order chi connectivity index (χ1) is 24.9. The van der Waals surface area contributed by atoms with Crippen molar-refractivity contribution in [1.29, 1.82) is 0 Å². The Hall–Kier alpha value is -5.33. The summed E-state index contributed by atoms with van der Waals surface area (Å²) in [6.07, 6.45) is 6.21. The van der Waals surface area contributed by atoms with Gasteiger partial charge in [-0.05, 0) is 49.2 Å². The molecule has 0 spiro atoms. The number of aromatic nitrogens is 2. The molecule has 2 aromatic heterocycles. The van der Waals surface area contributed by atoms with E-state index in [1.807, 2.05) is 6.92 Å². The van der Waals surface area contributed by atoms with Gasteiger partial charge in [-0.15, -0.1) is 11.8 Å². The lowest BCUT2D eigenvalue weighted by Gasteiger charge is -2.11. The van der Waals surface area contributed by atoms with E-state index in [0.717, 1.165) is 0 Å². The molecule has 12 nitrogen and oxygen atoms in total. The Balaban J connectivity index is 1.24. The lowest BCUT2D eigenvalue weighted by Crippen LogP contribution is -2.29. The Morgan fingerprint density at radius 2 is 1.73 bits per heavy atom. The lowest BCUT2D eigenvalue weighted by atomic mass is 10.2. The van der Waals surface area contributed by atoms with Crippen LogP contribution in [0.15, 0.2) is 81.8 Å². The largest absolute Gasteiger partial charge is 0.491 e. The molecule has 0 bridgehead atoms. The van der Waals surface area contributed by atoms with Crippen LogP contribution in [0, 0.1) is 23.3 Å². The highest BCUT2D eigenvalue weighted by Gasteiger charge is 2.20. The average molecular weight is 761 g/mol. The summed E-state index contributed by atoms with van der Waals surface area (Å²) in [5.74, 6) is -6.42. The van der Waals surface area contributed by atoms with Gasteiger partial charge in [0.2, 0.25) is 5.91 Å². The van der Waals surface area contributed by atoms with Crippen LogP contribution in [0.1, 0.15) is 47.1 Å². The molecule has 274 valence electrons. The molecular weight excluding hydrogens is 729 g/mol. The Morgan fingerprint density at radius 1 is 1.00 bits per heavy atom. The lowest BCUT2D eigenvalue weighted by molar-refractivity contribution is -0.116. The first-order valence-electron chi connectivity index (χ1n) is 15.5. The van der Waals surface area contributed by atoms with Gasteiger partial charge in [0.15, 0.2) is 23.3 Å². The Kier molecular flexibility index (Phi) is 14.2. The number of anilines is 1. The molecule has 0 saturated carbocycles. The highest BCUT2D eigenvalue weighted by molar-refractivity contribution is 7.98. The molecule has 52 heavy (non-hydrogen) atoms. The van der Waals surface area contributed by atoms with E-state index < -0.39 is 50.1 Å².